The maximum atomic E-state index is 14.1. The molecular formula is C20H19FIN3O3. The van der Waals surface area contributed by atoms with Gasteiger partial charge >= 0.3 is 0 Å². The lowest BCUT2D eigenvalue weighted by Crippen LogP contribution is -2.44. The summed E-state index contributed by atoms with van der Waals surface area (Å²) in [5, 5.41) is 5.28. The van der Waals surface area contributed by atoms with Crippen LogP contribution < -0.4 is 4.90 Å². The first-order valence-corrected chi connectivity index (χ1v) is 9.70. The summed E-state index contributed by atoms with van der Waals surface area (Å²) in [5.74, 6) is -1.04. The van der Waals surface area contributed by atoms with Gasteiger partial charge in [-0.1, -0.05) is 12.1 Å². The van der Waals surface area contributed by atoms with E-state index in [-0.39, 0.29) is 29.8 Å². The fraction of sp³-hybridized carbons (Fsp3) is 0.250. The molecule has 28 heavy (non-hydrogen) atoms. The van der Waals surface area contributed by atoms with E-state index in [2.05, 4.69) is 27.7 Å². The first-order chi connectivity index (χ1) is 13.3. The number of carbonyl (C=O) groups excluding carboxylic acids is 2. The average molecular weight is 495 g/mol. The van der Waals surface area contributed by atoms with Crippen LogP contribution in [-0.4, -0.2) is 35.5 Å². The van der Waals surface area contributed by atoms with Gasteiger partial charge in [0, 0.05) is 23.1 Å². The molecule has 2 amide bonds. The van der Waals surface area contributed by atoms with Crippen molar-refractivity contribution in [3.63, 3.8) is 0 Å². The molecule has 0 N–H and O–H groups in total. The molecule has 2 aromatic carbocycles. The third-order valence-electron chi connectivity index (χ3n) is 4.31. The van der Waals surface area contributed by atoms with Gasteiger partial charge in [0.05, 0.1) is 12.1 Å². The molecule has 0 bridgehead atoms. The van der Waals surface area contributed by atoms with Crippen LogP contribution in [0.2, 0.25) is 0 Å². The zero-order valence-corrected chi connectivity index (χ0v) is 17.8. The zero-order chi connectivity index (χ0) is 20.4. The minimum absolute atomic E-state index is 0.0149. The minimum Gasteiger partial charge on any atom is -0.448 e. The molecule has 3 rings (SSSR count). The van der Waals surface area contributed by atoms with Crippen LogP contribution >= 0.6 is 22.6 Å². The lowest BCUT2D eigenvalue weighted by molar-refractivity contribution is -0.135. The number of hydrazone groups is 1. The molecule has 0 unspecified atom stereocenters. The molecule has 0 radical (unpaired) electrons. The van der Waals surface area contributed by atoms with E-state index < -0.39 is 12.0 Å². The predicted octanol–water partition coefficient (Wildman–Crippen LogP) is 3.66. The molecule has 0 fully saturated rings. The Kier molecular flexibility index (Phi) is 5.97. The zero-order valence-electron chi connectivity index (χ0n) is 15.6. The summed E-state index contributed by atoms with van der Waals surface area (Å²) in [5.41, 5.74) is 1.81. The summed E-state index contributed by atoms with van der Waals surface area (Å²) in [7, 11) is 0. The molecule has 0 aliphatic carbocycles. The van der Waals surface area contributed by atoms with Crippen molar-refractivity contribution >= 4 is 46.0 Å². The minimum atomic E-state index is -0.852. The van der Waals surface area contributed by atoms with Crippen LogP contribution in [-0.2, 0) is 14.3 Å². The second-order valence-electron chi connectivity index (χ2n) is 6.38. The lowest BCUT2D eigenvalue weighted by Gasteiger charge is -2.28. The normalized spacial score (nSPS) is 15.8. The number of anilines is 1. The van der Waals surface area contributed by atoms with Gasteiger partial charge in [0.2, 0.25) is 23.9 Å². The van der Waals surface area contributed by atoms with Crippen molar-refractivity contribution in [3.05, 3.63) is 63.0 Å². The van der Waals surface area contributed by atoms with Gasteiger partial charge in [-0.15, -0.1) is 5.10 Å². The molecule has 0 spiro atoms. The highest BCUT2D eigenvalue weighted by Crippen LogP contribution is 2.26. The van der Waals surface area contributed by atoms with Crippen molar-refractivity contribution in [2.75, 3.05) is 11.4 Å². The molecule has 6 nitrogen and oxygen atoms in total. The number of hydrogen-bond acceptors (Lipinski definition) is 4. The number of amides is 2. The summed E-state index contributed by atoms with van der Waals surface area (Å²) in [6.07, 6.45) is -0.852. The molecule has 0 aromatic heterocycles. The maximum Gasteiger partial charge on any atom is 0.243 e. The van der Waals surface area contributed by atoms with E-state index in [0.717, 1.165) is 19.8 Å². The fourth-order valence-electron chi connectivity index (χ4n) is 2.98. The number of benzene rings is 2. The maximum absolute atomic E-state index is 14.1. The van der Waals surface area contributed by atoms with Crippen molar-refractivity contribution < 1.29 is 18.7 Å². The highest BCUT2D eigenvalue weighted by Gasteiger charge is 2.35. The SMILES string of the molecule is CC(=O)N(C[C@H]1OC(c2ccccc2F)=NN1C(C)=O)c1ccc(I)cc1C. The highest BCUT2D eigenvalue weighted by atomic mass is 127. The molecule has 8 heteroatoms. The van der Waals surface area contributed by atoms with Crippen LogP contribution in [0.15, 0.2) is 47.6 Å². The Morgan fingerprint density at radius 2 is 1.96 bits per heavy atom. The molecule has 146 valence electrons. The van der Waals surface area contributed by atoms with Gasteiger partial charge < -0.3 is 9.64 Å². The Balaban J connectivity index is 1.90. The lowest BCUT2D eigenvalue weighted by atomic mass is 10.1. The number of aryl methyl sites for hydroxylation is 1. The van der Waals surface area contributed by atoms with Crippen molar-refractivity contribution in [1.29, 1.82) is 0 Å². The molecule has 2 aromatic rings. The van der Waals surface area contributed by atoms with E-state index >= 15 is 0 Å². The number of ether oxygens (including phenoxy) is 1. The second-order valence-corrected chi connectivity index (χ2v) is 7.63. The van der Waals surface area contributed by atoms with E-state index in [9.17, 15) is 14.0 Å². The smallest absolute Gasteiger partial charge is 0.243 e. The van der Waals surface area contributed by atoms with E-state index in [1.165, 1.54) is 30.9 Å². The Labute approximate surface area is 176 Å². The van der Waals surface area contributed by atoms with Gasteiger partial charge in [-0.05, 0) is 65.4 Å². The fourth-order valence-corrected chi connectivity index (χ4v) is 3.63. The van der Waals surface area contributed by atoms with E-state index in [1.807, 2.05) is 25.1 Å². The third-order valence-corrected chi connectivity index (χ3v) is 4.99. The summed E-state index contributed by atoms with van der Waals surface area (Å²) in [6, 6.07) is 11.8. The van der Waals surface area contributed by atoms with Gasteiger partial charge in [-0.25, -0.2) is 4.39 Å². The summed E-state index contributed by atoms with van der Waals surface area (Å²) < 4.78 is 21.0. The summed E-state index contributed by atoms with van der Waals surface area (Å²) in [4.78, 5) is 25.9. The van der Waals surface area contributed by atoms with Gasteiger partial charge in [0.1, 0.15) is 5.82 Å². The quantitative estimate of drug-likeness (QED) is 0.609. The number of hydrogen-bond donors (Lipinski definition) is 0. The molecule has 1 heterocycles. The Morgan fingerprint density at radius 3 is 2.57 bits per heavy atom. The Hall–Kier alpha value is -2.49. The van der Waals surface area contributed by atoms with Gasteiger partial charge in [-0.2, -0.15) is 5.01 Å². The molecule has 1 aliphatic heterocycles. The number of rotatable bonds is 4. The van der Waals surface area contributed by atoms with Gasteiger partial charge in [-0.3, -0.25) is 9.59 Å². The second kappa shape index (κ2) is 8.26. The average Bonchev–Trinajstić information content (AvgIpc) is 3.04. The van der Waals surface area contributed by atoms with Crippen LogP contribution in [0.5, 0.6) is 0 Å². The monoisotopic (exact) mass is 495 g/mol. The van der Waals surface area contributed by atoms with Crippen molar-refractivity contribution in [1.82, 2.24) is 5.01 Å². The van der Waals surface area contributed by atoms with Crippen LogP contribution in [0.25, 0.3) is 0 Å². The highest BCUT2D eigenvalue weighted by molar-refractivity contribution is 14.1. The van der Waals surface area contributed by atoms with E-state index in [4.69, 9.17) is 4.74 Å². The molecule has 1 aliphatic rings. The Morgan fingerprint density at radius 1 is 1.25 bits per heavy atom. The molecule has 1 atom stereocenters. The summed E-state index contributed by atoms with van der Waals surface area (Å²) >= 11 is 2.20. The van der Waals surface area contributed by atoms with Crippen LogP contribution in [0.3, 0.4) is 0 Å². The third kappa shape index (κ3) is 4.16. The van der Waals surface area contributed by atoms with Gasteiger partial charge in [0.15, 0.2) is 0 Å². The van der Waals surface area contributed by atoms with Crippen molar-refractivity contribution in [2.45, 2.75) is 27.0 Å². The number of carbonyl (C=O) groups is 2. The topological polar surface area (TPSA) is 62.2 Å². The Bertz CT molecular complexity index is 963. The summed E-state index contributed by atoms with van der Waals surface area (Å²) in [6.45, 7) is 4.77. The first-order valence-electron chi connectivity index (χ1n) is 8.62. The predicted molar refractivity (Wildman–Crippen MR) is 112 cm³/mol. The van der Waals surface area contributed by atoms with E-state index in [0.29, 0.717) is 0 Å². The first kappa shape index (κ1) is 20.2. The standard InChI is InChI=1S/C20H19FIN3O3/c1-12-10-15(22)8-9-18(12)24(13(2)26)11-19-25(14(3)27)23-20(28-19)16-6-4-5-7-17(16)21/h4-10,19H,11H2,1-3H3/t19-/m1/s1. The van der Waals surface area contributed by atoms with Crippen LogP contribution in [0, 0.1) is 16.3 Å². The molecule has 0 saturated carbocycles. The van der Waals surface area contributed by atoms with E-state index in [1.54, 1.807) is 12.1 Å². The van der Waals surface area contributed by atoms with Crippen molar-refractivity contribution in [2.24, 2.45) is 5.10 Å². The van der Waals surface area contributed by atoms with Crippen LogP contribution in [0.1, 0.15) is 25.0 Å². The van der Waals surface area contributed by atoms with Crippen LogP contribution in [0.4, 0.5) is 10.1 Å². The molecule has 0 saturated heterocycles. The number of halogens is 2. The number of nitrogens with zero attached hydrogens (tertiary/aromatic N) is 3. The largest absolute Gasteiger partial charge is 0.448 e. The van der Waals surface area contributed by atoms with Crippen molar-refractivity contribution in [3.8, 4) is 0 Å². The van der Waals surface area contributed by atoms with Gasteiger partial charge in [0.25, 0.3) is 0 Å². The molecular weight excluding hydrogens is 476 g/mol.